The molecule has 0 saturated heterocycles. The lowest BCUT2D eigenvalue weighted by molar-refractivity contribution is 0.682. The topological polar surface area (TPSA) is 56.4 Å². The van der Waals surface area contributed by atoms with E-state index in [0.29, 0.717) is 11.4 Å². The number of nitrogens with zero attached hydrogens (tertiary/aromatic N) is 3. The molecule has 0 saturated carbocycles. The van der Waals surface area contributed by atoms with Gasteiger partial charge in [0.25, 0.3) is 5.56 Å². The van der Waals surface area contributed by atoms with E-state index in [1.165, 1.54) is 11.6 Å². The number of fused-ring (bicyclic) bond motifs is 1. The molecule has 1 aromatic heterocycles. The number of hydrogen-bond acceptors (Lipinski definition) is 3. The molecule has 0 N–H and O–H groups in total. The summed E-state index contributed by atoms with van der Waals surface area (Å²) in [5.41, 5.74) is -0.332. The molecular formula is C8H9N3O2. The predicted octanol–water partition coefficient (Wildman–Crippen LogP) is -0.658. The third-order valence-electron chi connectivity index (χ3n) is 2.17. The van der Waals surface area contributed by atoms with Gasteiger partial charge in [-0.2, -0.15) is 0 Å². The smallest absolute Gasteiger partial charge is 0.281 e. The van der Waals surface area contributed by atoms with Crippen molar-refractivity contribution in [3.63, 3.8) is 0 Å². The Kier molecular flexibility index (Phi) is 1.27. The normalized spacial score (nSPS) is 15.2. The first-order chi connectivity index (χ1) is 6.52. The van der Waals surface area contributed by atoms with Gasteiger partial charge in [-0.3, -0.25) is 13.9 Å². The Morgan fingerprint density at radius 1 is 1.46 bits per heavy atom. The first-order valence-electron chi connectivity index (χ1n) is 4.35. The highest BCUT2D eigenvalue weighted by atomic mass is 16.2. The number of aliphatic imine (C=N–C) groups is 1. The van der Waals surface area contributed by atoms with Crippen molar-refractivity contribution in [2.45, 2.75) is 6.42 Å². The minimum atomic E-state index is -0.410. The van der Waals surface area contributed by atoms with Gasteiger partial charge in [0.1, 0.15) is 5.82 Å². The average Bonchev–Trinajstić information content (AvgIpc) is 2.54. The van der Waals surface area contributed by atoms with Crippen molar-refractivity contribution in [3.8, 4) is 0 Å². The zero-order valence-corrected chi connectivity index (χ0v) is 7.37. The van der Waals surface area contributed by atoms with Crippen molar-refractivity contribution >= 4 is 12.0 Å². The molecule has 0 spiro atoms. The lowest BCUT2D eigenvalue weighted by Gasteiger charge is -2.05. The van der Waals surface area contributed by atoms with E-state index >= 15 is 0 Å². The van der Waals surface area contributed by atoms with Crippen LogP contribution in [0, 0.1) is 0 Å². The van der Waals surface area contributed by atoms with Gasteiger partial charge in [0.15, 0.2) is 0 Å². The molecule has 0 bridgehead atoms. The van der Waals surface area contributed by atoms with Crippen molar-refractivity contribution in [2.24, 2.45) is 19.1 Å². The van der Waals surface area contributed by atoms with E-state index in [0.717, 1.165) is 4.57 Å². The third kappa shape index (κ3) is 0.898. The van der Waals surface area contributed by atoms with Gasteiger partial charge in [0.2, 0.25) is 0 Å². The van der Waals surface area contributed by atoms with Crippen LogP contribution in [-0.4, -0.2) is 15.3 Å². The first kappa shape index (κ1) is 6.82. The fourth-order valence-electron chi connectivity index (χ4n) is 1.39. The molecule has 0 unspecified atom stereocenters. The van der Waals surface area contributed by atoms with Crippen molar-refractivity contribution < 1.29 is 1.37 Å². The number of rotatable bonds is 0. The van der Waals surface area contributed by atoms with E-state index in [2.05, 4.69) is 4.99 Å². The lowest BCUT2D eigenvalue weighted by Crippen LogP contribution is -2.38. The minimum absolute atomic E-state index is 0.123. The van der Waals surface area contributed by atoms with Crippen LogP contribution >= 0.6 is 0 Å². The van der Waals surface area contributed by atoms with Gasteiger partial charge in [0.05, 0.1) is 6.93 Å². The molecule has 0 radical (unpaired) electrons. The third-order valence-corrected chi connectivity index (χ3v) is 2.17. The van der Waals surface area contributed by atoms with E-state index in [4.69, 9.17) is 1.37 Å². The Balaban J connectivity index is 2.92. The van der Waals surface area contributed by atoms with Crippen LogP contribution in [0.3, 0.4) is 0 Å². The second-order valence-corrected chi connectivity index (χ2v) is 2.95. The highest BCUT2D eigenvalue weighted by molar-refractivity contribution is 5.73. The Morgan fingerprint density at radius 3 is 2.85 bits per heavy atom. The summed E-state index contributed by atoms with van der Waals surface area (Å²) in [5, 5.41) is 0. The largest absolute Gasteiger partial charge is 0.332 e. The van der Waals surface area contributed by atoms with Crippen LogP contribution in [0.5, 0.6) is 0 Å². The molecule has 1 aromatic rings. The van der Waals surface area contributed by atoms with E-state index < -0.39 is 5.69 Å². The van der Waals surface area contributed by atoms with E-state index in [1.54, 1.807) is 7.05 Å². The van der Waals surface area contributed by atoms with Crippen LogP contribution in [0.2, 0.25) is 0 Å². The van der Waals surface area contributed by atoms with E-state index in [1.807, 2.05) is 0 Å². The minimum Gasteiger partial charge on any atom is -0.281 e. The standard InChI is InChI=1S/C8H9N3O2/c1-10-6-5(3-4-9-6)7(12)11(2)8(10)13/h4H,3H2,1-2H3/i4D. The van der Waals surface area contributed by atoms with Gasteiger partial charge < -0.3 is 0 Å². The molecule has 2 rings (SSSR count). The fraction of sp³-hybridized carbons (Fsp3) is 0.375. The van der Waals surface area contributed by atoms with Gasteiger partial charge >= 0.3 is 5.69 Å². The van der Waals surface area contributed by atoms with Crippen molar-refractivity contribution in [1.29, 1.82) is 0 Å². The summed E-state index contributed by atoms with van der Waals surface area (Å²) in [6, 6.07) is 0. The maximum absolute atomic E-state index is 11.6. The Hall–Kier alpha value is -1.65. The van der Waals surface area contributed by atoms with E-state index in [9.17, 15) is 9.59 Å². The Morgan fingerprint density at radius 2 is 2.15 bits per heavy atom. The first-order valence-corrected chi connectivity index (χ1v) is 3.85. The molecule has 1 aliphatic rings. The average molecular weight is 180 g/mol. The molecule has 5 nitrogen and oxygen atoms in total. The molecule has 0 amide bonds. The summed E-state index contributed by atoms with van der Waals surface area (Å²) >= 11 is 0. The molecule has 13 heavy (non-hydrogen) atoms. The van der Waals surface area contributed by atoms with Gasteiger partial charge in [0, 0.05) is 26.7 Å². The summed E-state index contributed by atoms with van der Waals surface area (Å²) in [6.07, 6.45) is 0.342. The van der Waals surface area contributed by atoms with Crippen LogP contribution in [0.4, 0.5) is 5.82 Å². The summed E-state index contributed by atoms with van der Waals surface area (Å²) in [7, 11) is 2.97. The van der Waals surface area contributed by atoms with Gasteiger partial charge in [-0.25, -0.2) is 9.79 Å². The van der Waals surface area contributed by atoms with Crippen molar-refractivity contribution in [3.05, 3.63) is 26.4 Å². The predicted molar refractivity (Wildman–Crippen MR) is 48.8 cm³/mol. The molecule has 0 fully saturated rings. The summed E-state index contributed by atoms with van der Waals surface area (Å²) < 4.78 is 9.66. The van der Waals surface area contributed by atoms with Crippen molar-refractivity contribution in [2.75, 3.05) is 0 Å². The number of hydrogen-bond donors (Lipinski definition) is 0. The van der Waals surface area contributed by atoms with Crippen LogP contribution in [0.1, 0.15) is 6.93 Å². The Labute approximate surface area is 75.4 Å². The zero-order valence-electron chi connectivity index (χ0n) is 8.37. The molecular weight excluding hydrogens is 170 g/mol. The summed E-state index contributed by atoms with van der Waals surface area (Å²) in [4.78, 5) is 26.9. The fourth-order valence-corrected chi connectivity index (χ4v) is 1.39. The van der Waals surface area contributed by atoms with E-state index in [-0.39, 0.29) is 18.2 Å². The van der Waals surface area contributed by atoms with Gasteiger partial charge in [-0.15, -0.1) is 0 Å². The molecule has 0 aromatic carbocycles. The van der Waals surface area contributed by atoms with Crippen molar-refractivity contribution in [1.82, 2.24) is 9.13 Å². The molecule has 2 heterocycles. The summed E-state index contributed by atoms with van der Waals surface area (Å²) in [6.45, 7) is 0. The highest BCUT2D eigenvalue weighted by Crippen LogP contribution is 2.16. The second-order valence-electron chi connectivity index (χ2n) is 2.95. The SMILES string of the molecule is [2H]C1=Nc2c(c(=O)n(C)c(=O)n2C)C1. The molecule has 68 valence electrons. The zero-order chi connectivity index (χ0) is 10.5. The van der Waals surface area contributed by atoms with Crippen LogP contribution in [-0.2, 0) is 20.5 Å². The quantitative estimate of drug-likeness (QED) is 0.532. The molecule has 0 aliphatic carbocycles. The highest BCUT2D eigenvalue weighted by Gasteiger charge is 2.16. The lowest BCUT2D eigenvalue weighted by atomic mass is 10.2. The molecule has 1 aliphatic heterocycles. The van der Waals surface area contributed by atoms with Crippen LogP contribution in [0.15, 0.2) is 14.6 Å². The maximum atomic E-state index is 11.6. The van der Waals surface area contributed by atoms with Crippen LogP contribution in [0.25, 0.3) is 0 Å². The second kappa shape index (κ2) is 2.42. The molecule has 5 heteroatoms. The maximum Gasteiger partial charge on any atom is 0.332 e. The van der Waals surface area contributed by atoms with Gasteiger partial charge in [-0.05, 0) is 0 Å². The Bertz CT molecular complexity index is 553. The summed E-state index contributed by atoms with van der Waals surface area (Å²) in [5.74, 6) is 0.322. The monoisotopic (exact) mass is 180 g/mol. The van der Waals surface area contributed by atoms with Crippen LogP contribution < -0.4 is 11.2 Å². The molecule has 0 atom stereocenters. The number of aromatic nitrogens is 2. The van der Waals surface area contributed by atoms with Gasteiger partial charge in [-0.1, -0.05) is 0 Å².